The number of rotatable bonds is 9. The van der Waals surface area contributed by atoms with Gasteiger partial charge in [0.2, 0.25) is 5.78 Å². The van der Waals surface area contributed by atoms with Crippen LogP contribution in [0.4, 0.5) is 0 Å². The van der Waals surface area contributed by atoms with Gasteiger partial charge in [0.15, 0.2) is 0 Å². The molecular formula is C30H34N8OS2. The zero-order valence-corrected chi connectivity index (χ0v) is 24.7. The summed E-state index contributed by atoms with van der Waals surface area (Å²) >= 11 is 9.93. The van der Waals surface area contributed by atoms with E-state index in [2.05, 4.69) is 49.7 Å². The lowest BCUT2D eigenvalue weighted by Gasteiger charge is -2.07. The van der Waals surface area contributed by atoms with Gasteiger partial charge in [-0.1, -0.05) is 62.5 Å². The van der Waals surface area contributed by atoms with Crippen molar-refractivity contribution < 1.29 is 4.79 Å². The molecule has 41 heavy (non-hydrogen) atoms. The summed E-state index contributed by atoms with van der Waals surface area (Å²) in [5, 5.41) is 4.38. The van der Waals surface area contributed by atoms with Gasteiger partial charge in [0.1, 0.15) is 17.1 Å². The second-order valence-electron chi connectivity index (χ2n) is 8.25. The number of carbonyl (C=O) groups excluding carboxylic acids is 1. The van der Waals surface area contributed by atoms with Crippen molar-refractivity contribution in [3.05, 3.63) is 120 Å². The molecule has 0 spiro atoms. The molecule has 4 aromatic rings. The van der Waals surface area contributed by atoms with Gasteiger partial charge < -0.3 is 5.43 Å². The second kappa shape index (κ2) is 19.7. The van der Waals surface area contributed by atoms with Crippen LogP contribution in [-0.4, -0.2) is 41.4 Å². The summed E-state index contributed by atoms with van der Waals surface area (Å²) in [6, 6.07) is 21.8. The van der Waals surface area contributed by atoms with E-state index in [4.69, 9.17) is 30.3 Å². The van der Waals surface area contributed by atoms with Crippen LogP contribution in [0.25, 0.3) is 0 Å². The van der Waals surface area contributed by atoms with Crippen LogP contribution in [-0.2, 0) is 0 Å². The molecule has 4 N–H and O–H groups in total. The molecule has 9 nitrogen and oxygen atoms in total. The van der Waals surface area contributed by atoms with Crippen LogP contribution in [0, 0.1) is 0 Å². The van der Waals surface area contributed by atoms with Crippen molar-refractivity contribution in [3.8, 4) is 0 Å². The maximum atomic E-state index is 11.7. The molecule has 212 valence electrons. The van der Waals surface area contributed by atoms with Crippen molar-refractivity contribution in [2.24, 2.45) is 10.9 Å². The molecule has 0 bridgehead atoms. The zero-order valence-electron chi connectivity index (χ0n) is 23.1. The van der Waals surface area contributed by atoms with E-state index in [1.54, 1.807) is 61.2 Å². The largest absolute Gasteiger partial charge is 0.318 e. The minimum atomic E-state index is -0.147. The summed E-state index contributed by atoms with van der Waals surface area (Å²) in [5.74, 6) is 4.82. The third kappa shape index (κ3) is 12.6. The van der Waals surface area contributed by atoms with E-state index in [1.807, 2.05) is 36.4 Å². The molecule has 0 unspecified atom stereocenters. The van der Waals surface area contributed by atoms with Crippen molar-refractivity contribution in [2.75, 3.05) is 0 Å². The van der Waals surface area contributed by atoms with Gasteiger partial charge in [0.25, 0.3) is 0 Å². The molecule has 11 heteroatoms. The molecule has 0 aliphatic carbocycles. The summed E-state index contributed by atoms with van der Waals surface area (Å²) in [7, 11) is 0. The van der Waals surface area contributed by atoms with Crippen molar-refractivity contribution in [1.29, 1.82) is 0 Å². The lowest BCUT2D eigenvalue weighted by atomic mass is 10.1. The third-order valence-corrected chi connectivity index (χ3v) is 5.63. The van der Waals surface area contributed by atoms with Gasteiger partial charge in [-0.15, -0.1) is 0 Å². The highest BCUT2D eigenvalue weighted by molar-refractivity contribution is 7.80. The third-order valence-electron chi connectivity index (χ3n) is 5.02. The molecule has 0 fully saturated rings. The first kappa shape index (κ1) is 32.9. The van der Waals surface area contributed by atoms with Gasteiger partial charge in [0.05, 0.1) is 21.4 Å². The number of nitrogens with zero attached hydrogens (tertiary/aromatic N) is 5. The van der Waals surface area contributed by atoms with E-state index < -0.39 is 0 Å². The van der Waals surface area contributed by atoms with Gasteiger partial charge in [-0.3, -0.25) is 36.0 Å². The van der Waals surface area contributed by atoms with Gasteiger partial charge in [0, 0.05) is 24.8 Å². The fraction of sp³-hybridized carbons (Fsp3) is 0.200. The van der Waals surface area contributed by atoms with Crippen LogP contribution in [0.2, 0.25) is 0 Å². The Kier molecular flexibility index (Phi) is 15.8. The number of ketones is 1. The van der Waals surface area contributed by atoms with Crippen LogP contribution >= 0.6 is 24.4 Å². The Balaban J connectivity index is 0.000000242. The van der Waals surface area contributed by atoms with Crippen LogP contribution in [0.3, 0.4) is 0 Å². The zero-order chi connectivity index (χ0) is 29.7. The minimum absolute atomic E-state index is 0.147. The lowest BCUT2D eigenvalue weighted by Crippen LogP contribution is -2.27. The average molecular weight is 587 g/mol. The van der Waals surface area contributed by atoms with Crippen LogP contribution in [0.1, 0.15) is 67.1 Å². The number of nitrogens with two attached hydrogens (primary N) is 1. The summed E-state index contributed by atoms with van der Waals surface area (Å²) in [5.41, 5.74) is 8.37. The number of hydrogen-bond acceptors (Lipinski definition) is 9. The van der Waals surface area contributed by atoms with E-state index in [-0.39, 0.29) is 5.78 Å². The van der Waals surface area contributed by atoms with Crippen LogP contribution in [0.15, 0.2) is 103 Å². The number of hydrogen-bond donors (Lipinski definition) is 3. The lowest BCUT2D eigenvalue weighted by molar-refractivity contribution is 0.103. The number of pyridine rings is 4. The first-order valence-electron chi connectivity index (χ1n) is 13.1. The number of hydrazine groups is 1. The Hall–Kier alpha value is -4.32. The predicted octanol–water partition coefficient (Wildman–Crippen LogP) is 5.23. The van der Waals surface area contributed by atoms with E-state index in [0.29, 0.717) is 17.1 Å². The molecule has 4 rings (SSSR count). The first-order valence-corrected chi connectivity index (χ1v) is 13.9. The molecule has 4 heterocycles. The standard InChI is InChI=1S/C15H16N4S.C11H8N2O.C4H10N2S/c1-2-7-14(20)18-19-15(12-8-3-5-10-16-12)13-9-4-6-11-17-13;14-11(9-5-1-3-7-12-9)10-6-2-4-8-13-10;1-2-3-4(7)6-5/h3-6,8-11H,2,7H2,1H3,(H,18,20);1-8H;2-3,5H2,1H3,(H,6,7). The Morgan fingerprint density at radius 2 is 1.07 bits per heavy atom. The van der Waals surface area contributed by atoms with Gasteiger partial charge in [-0.05, 0) is 74.2 Å². The van der Waals surface area contributed by atoms with Crippen molar-refractivity contribution in [3.63, 3.8) is 0 Å². The highest BCUT2D eigenvalue weighted by Crippen LogP contribution is 2.06. The van der Waals surface area contributed by atoms with E-state index >= 15 is 0 Å². The Morgan fingerprint density at radius 3 is 1.39 bits per heavy atom. The topological polar surface area (TPSA) is 131 Å². The maximum absolute atomic E-state index is 11.7. The number of nitrogens with one attached hydrogen (secondary N) is 2. The SMILES string of the molecule is CCCC(=S)NN.CCCC(=S)NN=C(c1ccccn1)c1ccccn1.O=C(c1ccccn1)c1ccccn1. The smallest absolute Gasteiger partial charge is 0.229 e. The molecule has 0 aliphatic rings. The predicted molar refractivity (Wildman–Crippen MR) is 171 cm³/mol. The van der Waals surface area contributed by atoms with Crippen molar-refractivity contribution in [1.82, 2.24) is 30.8 Å². The second-order valence-corrected chi connectivity index (χ2v) is 9.24. The molecule has 0 saturated heterocycles. The number of aromatic nitrogens is 4. The first-order chi connectivity index (χ1) is 20.0. The van der Waals surface area contributed by atoms with E-state index in [0.717, 1.165) is 47.0 Å². The highest BCUT2D eigenvalue weighted by Gasteiger charge is 2.10. The molecule has 4 aromatic heterocycles. The van der Waals surface area contributed by atoms with E-state index in [1.165, 1.54) is 0 Å². The Labute approximate surface area is 251 Å². The van der Waals surface area contributed by atoms with Gasteiger partial charge in [-0.2, -0.15) is 5.10 Å². The maximum Gasteiger partial charge on any atom is 0.229 e. The molecule has 0 amide bonds. The number of thiocarbonyl (C=S) groups is 2. The van der Waals surface area contributed by atoms with Crippen molar-refractivity contribution in [2.45, 2.75) is 39.5 Å². The molecule has 0 aliphatic heterocycles. The number of carbonyl (C=O) groups is 1. The quantitative estimate of drug-likeness (QED) is 0.0787. The summed E-state index contributed by atoms with van der Waals surface area (Å²) in [4.78, 5) is 29.8. The normalized spacial score (nSPS) is 9.54. The van der Waals surface area contributed by atoms with Crippen molar-refractivity contribution >= 4 is 45.9 Å². The molecule has 0 saturated carbocycles. The van der Waals surface area contributed by atoms with Crippen LogP contribution in [0.5, 0.6) is 0 Å². The molecular weight excluding hydrogens is 553 g/mol. The fourth-order valence-corrected chi connectivity index (χ4v) is 3.53. The van der Waals surface area contributed by atoms with Gasteiger partial charge >= 0.3 is 0 Å². The Bertz CT molecular complexity index is 1270. The highest BCUT2D eigenvalue weighted by atomic mass is 32.1. The van der Waals surface area contributed by atoms with Crippen LogP contribution < -0.4 is 16.7 Å². The molecule has 0 atom stereocenters. The monoisotopic (exact) mass is 586 g/mol. The Morgan fingerprint density at radius 1 is 0.683 bits per heavy atom. The average Bonchev–Trinajstić information content (AvgIpc) is 3.03. The number of hydrazone groups is 1. The molecule has 0 radical (unpaired) electrons. The van der Waals surface area contributed by atoms with Gasteiger partial charge in [-0.25, -0.2) is 0 Å². The summed E-state index contributed by atoms with van der Waals surface area (Å²) in [6.07, 6.45) is 10.4. The minimum Gasteiger partial charge on any atom is -0.318 e. The summed E-state index contributed by atoms with van der Waals surface area (Å²) in [6.45, 7) is 4.14. The van der Waals surface area contributed by atoms with E-state index in [9.17, 15) is 4.79 Å². The summed E-state index contributed by atoms with van der Waals surface area (Å²) < 4.78 is 0. The fourth-order valence-electron chi connectivity index (χ4n) is 3.08. The molecule has 0 aromatic carbocycles.